The number of amides is 1. The maximum absolute atomic E-state index is 11.0. The molecule has 0 fully saturated rings. The first-order valence-corrected chi connectivity index (χ1v) is 6.14. The van der Waals surface area contributed by atoms with Crippen LogP contribution >= 0.6 is 0 Å². The van der Waals surface area contributed by atoms with E-state index in [0.717, 1.165) is 17.0 Å². The SMILES string of the molecule is CC(=O)Nc1ccc(C2=NN(C)N3NC(N)=NC23)cc1. The Morgan fingerprint density at radius 3 is 2.75 bits per heavy atom. The molecule has 104 valence electrons. The summed E-state index contributed by atoms with van der Waals surface area (Å²) in [6.45, 7) is 1.48. The van der Waals surface area contributed by atoms with E-state index in [2.05, 4.69) is 20.8 Å². The van der Waals surface area contributed by atoms with Crippen molar-refractivity contribution in [2.24, 2.45) is 15.8 Å². The number of nitrogens with zero attached hydrogens (tertiary/aromatic N) is 4. The van der Waals surface area contributed by atoms with Crippen molar-refractivity contribution in [3.8, 4) is 0 Å². The van der Waals surface area contributed by atoms with Crippen LogP contribution in [0.15, 0.2) is 34.4 Å². The number of anilines is 1. The molecule has 3 rings (SSSR count). The lowest BCUT2D eigenvalue weighted by Crippen LogP contribution is -2.48. The van der Waals surface area contributed by atoms with E-state index in [9.17, 15) is 4.79 Å². The molecule has 1 amide bonds. The topological polar surface area (TPSA) is 98.4 Å². The van der Waals surface area contributed by atoms with Gasteiger partial charge in [0, 0.05) is 25.2 Å². The summed E-state index contributed by atoms with van der Waals surface area (Å²) in [5.74, 6) is 0.267. The summed E-state index contributed by atoms with van der Waals surface area (Å²) < 4.78 is 0. The number of benzene rings is 1. The molecule has 0 aliphatic carbocycles. The largest absolute Gasteiger partial charge is 0.369 e. The van der Waals surface area contributed by atoms with Gasteiger partial charge < -0.3 is 11.1 Å². The maximum atomic E-state index is 11.0. The van der Waals surface area contributed by atoms with Gasteiger partial charge in [-0.05, 0) is 12.1 Å². The summed E-state index contributed by atoms with van der Waals surface area (Å²) >= 11 is 0. The molecule has 0 spiro atoms. The maximum Gasteiger partial charge on any atom is 0.221 e. The van der Waals surface area contributed by atoms with E-state index in [1.165, 1.54) is 6.92 Å². The van der Waals surface area contributed by atoms with E-state index >= 15 is 0 Å². The number of nitrogens with one attached hydrogen (secondary N) is 2. The standard InChI is InChI=1S/C12H15N7O/c1-7(20)14-9-5-3-8(4-6-9)10-11-15-12(13)17-19(11)18(2)16-10/h3-6,11H,1-2H3,(H,14,20)(H3,13,15,17). The highest BCUT2D eigenvalue weighted by Crippen LogP contribution is 2.22. The monoisotopic (exact) mass is 273 g/mol. The van der Waals surface area contributed by atoms with Gasteiger partial charge in [-0.1, -0.05) is 17.3 Å². The molecular formula is C12H15N7O. The van der Waals surface area contributed by atoms with Gasteiger partial charge in [-0.2, -0.15) is 5.10 Å². The van der Waals surface area contributed by atoms with Gasteiger partial charge in [-0.3, -0.25) is 10.2 Å². The van der Waals surface area contributed by atoms with Gasteiger partial charge in [0.1, 0.15) is 5.71 Å². The zero-order valence-electron chi connectivity index (χ0n) is 11.2. The normalized spacial score (nSPS) is 21.1. The molecule has 2 aliphatic rings. The number of hydrogen-bond acceptors (Lipinski definition) is 7. The molecule has 0 aromatic heterocycles. The third kappa shape index (κ3) is 2.05. The number of nitrogens with two attached hydrogens (primary N) is 1. The number of hydrazone groups is 1. The van der Waals surface area contributed by atoms with Gasteiger partial charge in [-0.25, -0.2) is 10.1 Å². The lowest BCUT2D eigenvalue weighted by atomic mass is 10.1. The molecule has 1 atom stereocenters. The van der Waals surface area contributed by atoms with Crippen LogP contribution in [0.25, 0.3) is 0 Å². The Kier molecular flexibility index (Phi) is 2.79. The van der Waals surface area contributed by atoms with E-state index in [1.807, 2.05) is 31.3 Å². The Bertz CT molecular complexity index is 607. The average molecular weight is 273 g/mol. The Balaban J connectivity index is 1.86. The first kappa shape index (κ1) is 12.4. The first-order valence-electron chi connectivity index (χ1n) is 6.14. The fourth-order valence-corrected chi connectivity index (χ4v) is 2.19. The molecule has 8 nitrogen and oxygen atoms in total. The summed E-state index contributed by atoms with van der Waals surface area (Å²) in [6.07, 6.45) is -0.258. The molecule has 20 heavy (non-hydrogen) atoms. The molecule has 1 unspecified atom stereocenters. The quantitative estimate of drug-likeness (QED) is 0.685. The van der Waals surface area contributed by atoms with E-state index in [4.69, 9.17) is 5.73 Å². The highest BCUT2D eigenvalue weighted by Gasteiger charge is 2.38. The van der Waals surface area contributed by atoms with Crippen LogP contribution in [0.2, 0.25) is 0 Å². The van der Waals surface area contributed by atoms with Gasteiger partial charge in [0.25, 0.3) is 0 Å². The highest BCUT2D eigenvalue weighted by atomic mass is 16.1. The smallest absolute Gasteiger partial charge is 0.221 e. The van der Waals surface area contributed by atoms with Gasteiger partial charge in [0.2, 0.25) is 11.9 Å². The number of fused-ring (bicyclic) bond motifs is 1. The molecule has 8 heteroatoms. The predicted molar refractivity (Wildman–Crippen MR) is 75.4 cm³/mol. The third-order valence-corrected chi connectivity index (χ3v) is 3.03. The molecule has 0 saturated heterocycles. The fourth-order valence-electron chi connectivity index (χ4n) is 2.19. The lowest BCUT2D eigenvalue weighted by molar-refractivity contribution is -0.114. The van der Waals surface area contributed by atoms with Crippen molar-refractivity contribution in [2.75, 3.05) is 12.4 Å². The minimum absolute atomic E-state index is 0.0979. The van der Waals surface area contributed by atoms with Crippen molar-refractivity contribution in [2.45, 2.75) is 13.1 Å². The Morgan fingerprint density at radius 1 is 1.40 bits per heavy atom. The number of guanidine groups is 1. The van der Waals surface area contributed by atoms with Crippen molar-refractivity contribution in [1.29, 1.82) is 0 Å². The van der Waals surface area contributed by atoms with E-state index in [0.29, 0.717) is 5.96 Å². The predicted octanol–water partition coefficient (Wildman–Crippen LogP) is -0.329. The molecule has 0 bridgehead atoms. The summed E-state index contributed by atoms with van der Waals surface area (Å²) in [5, 5.41) is 10.6. The number of hydrogen-bond donors (Lipinski definition) is 3. The molecule has 1 aromatic rings. The zero-order valence-corrected chi connectivity index (χ0v) is 11.2. The van der Waals surface area contributed by atoms with Crippen LogP contribution < -0.4 is 16.5 Å². The summed E-state index contributed by atoms with van der Waals surface area (Å²) in [4.78, 5) is 15.3. The molecule has 0 radical (unpaired) electrons. The first-order chi connectivity index (χ1) is 9.54. The van der Waals surface area contributed by atoms with Gasteiger partial charge >= 0.3 is 0 Å². The minimum atomic E-state index is -0.258. The van der Waals surface area contributed by atoms with Crippen molar-refractivity contribution in [1.82, 2.24) is 15.7 Å². The molecular weight excluding hydrogens is 258 g/mol. The van der Waals surface area contributed by atoms with Crippen molar-refractivity contribution >= 4 is 23.3 Å². The van der Waals surface area contributed by atoms with E-state index in [-0.39, 0.29) is 12.1 Å². The fraction of sp³-hybridized carbons (Fsp3) is 0.250. The van der Waals surface area contributed by atoms with E-state index in [1.54, 1.807) is 10.2 Å². The van der Waals surface area contributed by atoms with Gasteiger partial charge in [0.15, 0.2) is 6.17 Å². The number of carbonyl (C=O) groups excluding carboxylic acids is 1. The van der Waals surface area contributed by atoms with Gasteiger partial charge in [0.05, 0.1) is 0 Å². The van der Waals surface area contributed by atoms with Crippen molar-refractivity contribution < 1.29 is 4.79 Å². The second kappa shape index (κ2) is 4.49. The highest BCUT2D eigenvalue weighted by molar-refractivity contribution is 6.07. The van der Waals surface area contributed by atoms with Crippen LogP contribution in [-0.4, -0.2) is 41.0 Å². The molecule has 2 aliphatic heterocycles. The van der Waals surface area contributed by atoms with E-state index < -0.39 is 0 Å². The lowest BCUT2D eigenvalue weighted by Gasteiger charge is -2.20. The number of rotatable bonds is 2. The number of carbonyl (C=O) groups is 1. The molecule has 0 saturated carbocycles. The van der Waals surface area contributed by atoms with Crippen LogP contribution in [0.4, 0.5) is 5.69 Å². The van der Waals surface area contributed by atoms with Crippen molar-refractivity contribution in [3.05, 3.63) is 29.8 Å². The summed E-state index contributed by atoms with van der Waals surface area (Å²) in [6, 6.07) is 7.45. The minimum Gasteiger partial charge on any atom is -0.369 e. The molecule has 1 aromatic carbocycles. The second-order valence-electron chi connectivity index (χ2n) is 4.58. The van der Waals surface area contributed by atoms with Crippen LogP contribution in [0.5, 0.6) is 0 Å². The Labute approximate surface area is 115 Å². The average Bonchev–Trinajstić information content (AvgIpc) is 2.90. The molecule has 4 N–H and O–H groups in total. The van der Waals surface area contributed by atoms with Crippen LogP contribution in [0.1, 0.15) is 12.5 Å². The number of hydrazine groups is 2. The molecule has 2 heterocycles. The zero-order chi connectivity index (χ0) is 14.3. The number of aliphatic imine (C=N–C) groups is 1. The van der Waals surface area contributed by atoms with Crippen molar-refractivity contribution in [3.63, 3.8) is 0 Å². The Morgan fingerprint density at radius 2 is 2.10 bits per heavy atom. The Hall–Kier alpha value is -2.61. The summed E-state index contributed by atoms with van der Waals surface area (Å²) in [5.41, 5.74) is 11.1. The van der Waals surface area contributed by atoms with Crippen LogP contribution in [0, 0.1) is 0 Å². The van der Waals surface area contributed by atoms with Gasteiger partial charge in [-0.15, -0.1) is 0 Å². The van der Waals surface area contributed by atoms with Crippen LogP contribution in [-0.2, 0) is 4.79 Å². The summed E-state index contributed by atoms with van der Waals surface area (Å²) in [7, 11) is 1.81. The van der Waals surface area contributed by atoms with Crippen LogP contribution in [0.3, 0.4) is 0 Å². The second-order valence-corrected chi connectivity index (χ2v) is 4.58. The third-order valence-electron chi connectivity index (χ3n) is 3.03.